The van der Waals surface area contributed by atoms with Crippen LogP contribution < -0.4 is 4.74 Å². The molecule has 0 saturated carbocycles. The average Bonchev–Trinajstić information content (AvgIpc) is 3.22. The average molecular weight is 503 g/mol. The van der Waals surface area contributed by atoms with E-state index in [1.807, 2.05) is 25.1 Å². The summed E-state index contributed by atoms with van der Waals surface area (Å²) in [5.41, 5.74) is 3.65. The molecule has 3 aromatic rings. The molecule has 2 heterocycles. The lowest BCUT2D eigenvalue weighted by Crippen LogP contribution is -2.36. The summed E-state index contributed by atoms with van der Waals surface area (Å²) in [7, 11) is 0. The van der Waals surface area contributed by atoms with Crippen LogP contribution in [0.5, 0.6) is 5.75 Å². The molecule has 3 rings (SSSR count). The molecule has 0 fully saturated rings. The van der Waals surface area contributed by atoms with E-state index in [1.165, 1.54) is 6.92 Å². The van der Waals surface area contributed by atoms with Crippen LogP contribution in [-0.4, -0.2) is 34.9 Å². The maximum Gasteiger partial charge on any atom is 0.389 e. The van der Waals surface area contributed by atoms with Crippen LogP contribution in [0.1, 0.15) is 45.5 Å². The molecule has 0 aliphatic carbocycles. The molecule has 1 aromatic carbocycles. The lowest BCUT2D eigenvalue weighted by Gasteiger charge is -2.29. The third kappa shape index (κ3) is 6.47. The Bertz CT molecular complexity index is 1230. The zero-order valence-electron chi connectivity index (χ0n) is 21.2. The summed E-state index contributed by atoms with van der Waals surface area (Å²) in [5, 5.41) is 0.999. The largest absolute Gasteiger partial charge is 0.493 e. The second-order valence-electron chi connectivity index (χ2n) is 9.20. The molecule has 0 N–H and O–H groups in total. The van der Waals surface area contributed by atoms with Crippen molar-refractivity contribution in [3.8, 4) is 17.0 Å². The standard InChI is InChI=1S/C28H33F3N2O3/c1-6-20-11-13-22(23(7-2)32-20)25-14-19-10-12-21(15-24(19)33(25)9-4)35-17-27(5,16-28(29,30)31)18-36-26(34)8-3/h8,10-15H,3,6-7,9,16-18H2,1-2,4-5H3. The highest BCUT2D eigenvalue weighted by Crippen LogP contribution is 2.36. The van der Waals surface area contributed by atoms with Gasteiger partial charge in [-0.1, -0.05) is 27.4 Å². The molecule has 0 saturated heterocycles. The van der Waals surface area contributed by atoms with Crippen molar-refractivity contribution in [3.63, 3.8) is 0 Å². The van der Waals surface area contributed by atoms with E-state index < -0.39 is 30.6 Å². The van der Waals surface area contributed by atoms with Gasteiger partial charge in [-0.05, 0) is 50.1 Å². The van der Waals surface area contributed by atoms with Gasteiger partial charge in [0.2, 0.25) is 0 Å². The fourth-order valence-electron chi connectivity index (χ4n) is 4.32. The van der Waals surface area contributed by atoms with Gasteiger partial charge in [-0.2, -0.15) is 13.2 Å². The molecule has 1 unspecified atom stereocenters. The molecular formula is C28H33F3N2O3. The zero-order chi connectivity index (χ0) is 26.5. The van der Waals surface area contributed by atoms with Gasteiger partial charge in [0, 0.05) is 46.4 Å². The molecule has 5 nitrogen and oxygen atoms in total. The van der Waals surface area contributed by atoms with Crippen LogP contribution in [0.2, 0.25) is 0 Å². The van der Waals surface area contributed by atoms with Crippen molar-refractivity contribution in [1.29, 1.82) is 0 Å². The third-order valence-corrected chi connectivity index (χ3v) is 6.14. The molecule has 0 aliphatic rings. The smallest absolute Gasteiger partial charge is 0.389 e. The Morgan fingerprint density at radius 1 is 1.08 bits per heavy atom. The minimum atomic E-state index is -4.44. The summed E-state index contributed by atoms with van der Waals surface area (Å²) in [5.74, 6) is -0.327. The quantitative estimate of drug-likeness (QED) is 0.211. The first-order valence-electron chi connectivity index (χ1n) is 12.1. The van der Waals surface area contributed by atoms with Gasteiger partial charge in [-0.25, -0.2) is 4.79 Å². The highest BCUT2D eigenvalue weighted by Gasteiger charge is 2.41. The van der Waals surface area contributed by atoms with Crippen molar-refractivity contribution in [2.45, 2.75) is 59.7 Å². The Kier molecular flexibility index (Phi) is 8.48. The number of esters is 1. The minimum Gasteiger partial charge on any atom is -0.493 e. The summed E-state index contributed by atoms with van der Waals surface area (Å²) in [6.45, 7) is 10.9. The van der Waals surface area contributed by atoms with Gasteiger partial charge in [0.25, 0.3) is 0 Å². The number of carbonyl (C=O) groups is 1. The van der Waals surface area contributed by atoms with Crippen LogP contribution in [0.4, 0.5) is 13.2 Å². The number of aromatic nitrogens is 2. The van der Waals surface area contributed by atoms with Crippen molar-refractivity contribution >= 4 is 16.9 Å². The normalized spacial score (nSPS) is 13.4. The molecule has 0 radical (unpaired) electrons. The number of rotatable bonds is 11. The number of ether oxygens (including phenoxy) is 2. The van der Waals surface area contributed by atoms with Crippen LogP contribution in [0.25, 0.3) is 22.2 Å². The lowest BCUT2D eigenvalue weighted by molar-refractivity contribution is -0.172. The molecule has 2 aromatic heterocycles. The van der Waals surface area contributed by atoms with Crippen molar-refractivity contribution in [1.82, 2.24) is 9.55 Å². The third-order valence-electron chi connectivity index (χ3n) is 6.14. The highest BCUT2D eigenvalue weighted by molar-refractivity contribution is 5.88. The van der Waals surface area contributed by atoms with E-state index in [-0.39, 0.29) is 6.61 Å². The van der Waals surface area contributed by atoms with Gasteiger partial charge in [0.05, 0.1) is 24.2 Å². The van der Waals surface area contributed by atoms with Crippen molar-refractivity contribution < 1.29 is 27.4 Å². The van der Waals surface area contributed by atoms with Crippen molar-refractivity contribution in [2.75, 3.05) is 13.2 Å². The molecule has 0 spiro atoms. The lowest BCUT2D eigenvalue weighted by atomic mass is 9.88. The Balaban J connectivity index is 1.92. The predicted molar refractivity (Wildman–Crippen MR) is 135 cm³/mol. The molecule has 0 amide bonds. The van der Waals surface area contributed by atoms with E-state index >= 15 is 0 Å². The number of halogens is 3. The number of nitrogens with zero attached hydrogens (tertiary/aromatic N) is 2. The van der Waals surface area contributed by atoms with E-state index in [2.05, 4.69) is 37.1 Å². The second-order valence-corrected chi connectivity index (χ2v) is 9.20. The van der Waals surface area contributed by atoms with Crippen molar-refractivity contribution in [2.24, 2.45) is 5.41 Å². The Labute approximate surface area is 209 Å². The summed E-state index contributed by atoms with van der Waals surface area (Å²) in [6.07, 6.45) is -2.99. The van der Waals surface area contributed by atoms with Gasteiger partial charge >= 0.3 is 12.1 Å². The molecular weight excluding hydrogens is 469 g/mol. The predicted octanol–water partition coefficient (Wildman–Crippen LogP) is 6.91. The summed E-state index contributed by atoms with van der Waals surface area (Å²) >= 11 is 0. The first-order valence-corrected chi connectivity index (χ1v) is 12.1. The fourth-order valence-corrected chi connectivity index (χ4v) is 4.32. The number of hydrogen-bond acceptors (Lipinski definition) is 4. The van der Waals surface area contributed by atoms with Crippen LogP contribution in [-0.2, 0) is 28.9 Å². The molecule has 8 heteroatoms. The Morgan fingerprint density at radius 3 is 2.44 bits per heavy atom. The number of fused-ring (bicyclic) bond motifs is 1. The van der Waals surface area contributed by atoms with Gasteiger partial charge < -0.3 is 14.0 Å². The minimum absolute atomic E-state index is 0.273. The van der Waals surface area contributed by atoms with E-state index in [1.54, 1.807) is 6.07 Å². The number of aryl methyl sites for hydroxylation is 3. The topological polar surface area (TPSA) is 53.4 Å². The second kappa shape index (κ2) is 11.2. The molecule has 1 atom stereocenters. The molecule has 36 heavy (non-hydrogen) atoms. The summed E-state index contributed by atoms with van der Waals surface area (Å²) in [4.78, 5) is 16.2. The zero-order valence-corrected chi connectivity index (χ0v) is 21.2. The van der Waals surface area contributed by atoms with E-state index in [0.717, 1.165) is 52.5 Å². The highest BCUT2D eigenvalue weighted by atomic mass is 19.4. The van der Waals surface area contributed by atoms with Crippen LogP contribution in [0.15, 0.2) is 49.1 Å². The maximum atomic E-state index is 13.2. The van der Waals surface area contributed by atoms with E-state index in [4.69, 9.17) is 14.5 Å². The first kappa shape index (κ1) is 27.3. The van der Waals surface area contributed by atoms with Gasteiger partial charge in [-0.15, -0.1) is 0 Å². The molecule has 0 bridgehead atoms. The fraction of sp³-hybridized carbons (Fsp3) is 0.429. The van der Waals surface area contributed by atoms with E-state index in [0.29, 0.717) is 12.3 Å². The molecule has 0 aliphatic heterocycles. The summed E-state index contributed by atoms with van der Waals surface area (Å²) in [6, 6.07) is 11.7. The first-order chi connectivity index (χ1) is 17.0. The number of alkyl halides is 3. The van der Waals surface area contributed by atoms with Crippen LogP contribution in [0, 0.1) is 5.41 Å². The van der Waals surface area contributed by atoms with Gasteiger partial charge in [0.15, 0.2) is 0 Å². The maximum absolute atomic E-state index is 13.2. The Hall–Kier alpha value is -3.29. The van der Waals surface area contributed by atoms with Gasteiger partial charge in [-0.3, -0.25) is 4.98 Å². The monoisotopic (exact) mass is 502 g/mol. The number of pyridine rings is 1. The molecule has 194 valence electrons. The van der Waals surface area contributed by atoms with Crippen LogP contribution >= 0.6 is 0 Å². The Morgan fingerprint density at radius 2 is 1.83 bits per heavy atom. The van der Waals surface area contributed by atoms with E-state index in [9.17, 15) is 18.0 Å². The number of carbonyl (C=O) groups excluding carboxylic acids is 1. The van der Waals surface area contributed by atoms with Crippen molar-refractivity contribution in [3.05, 3.63) is 60.4 Å². The SMILES string of the molecule is C=CC(=O)OCC(C)(COc1ccc2cc(-c3ccc(CC)nc3CC)n(CC)c2c1)CC(F)(F)F. The summed E-state index contributed by atoms with van der Waals surface area (Å²) < 4.78 is 52.7. The number of hydrogen-bond donors (Lipinski definition) is 0. The number of benzene rings is 1. The van der Waals surface area contributed by atoms with Gasteiger partial charge in [0.1, 0.15) is 12.4 Å². The van der Waals surface area contributed by atoms with Crippen LogP contribution in [0.3, 0.4) is 0 Å².